The Morgan fingerprint density at radius 2 is 1.67 bits per heavy atom. The Morgan fingerprint density at radius 3 is 2.26 bits per heavy atom. The highest BCUT2D eigenvalue weighted by Gasteiger charge is 2.25. The molecule has 0 aliphatic carbocycles. The lowest BCUT2D eigenvalue weighted by Crippen LogP contribution is -2.34. The van der Waals surface area contributed by atoms with E-state index in [0.717, 1.165) is 27.3 Å². The molecule has 0 atom stereocenters. The van der Waals surface area contributed by atoms with Crippen LogP contribution in [0.2, 0.25) is 0 Å². The van der Waals surface area contributed by atoms with Crippen molar-refractivity contribution >= 4 is 28.9 Å². The largest absolute Gasteiger partial charge is 0.477 e. The first-order valence-electron chi connectivity index (χ1n) is 8.36. The van der Waals surface area contributed by atoms with Gasteiger partial charge in [-0.3, -0.25) is 4.79 Å². The number of aromatic carboxylic acids is 1. The van der Waals surface area contributed by atoms with Gasteiger partial charge in [-0.05, 0) is 17.2 Å². The number of amides is 1. The highest BCUT2D eigenvalue weighted by molar-refractivity contribution is 7.18. The van der Waals surface area contributed by atoms with E-state index in [4.69, 9.17) is 4.74 Å². The second-order valence-corrected chi connectivity index (χ2v) is 6.95. The summed E-state index contributed by atoms with van der Waals surface area (Å²) in [5.41, 5.74) is 2.21. The van der Waals surface area contributed by atoms with Crippen LogP contribution in [0.5, 0.6) is 0 Å². The molecule has 0 aliphatic heterocycles. The molecule has 0 bridgehead atoms. The number of carbonyl (C=O) groups is 2. The van der Waals surface area contributed by atoms with Crippen LogP contribution in [0.4, 0.5) is 5.69 Å². The SMILES string of the molecule is COCC(=O)N(Cc1ccccc1)c1cc(-c2ccccc2)sc1C(=O)O. The van der Waals surface area contributed by atoms with Gasteiger partial charge in [0.1, 0.15) is 11.5 Å². The molecule has 3 aromatic rings. The van der Waals surface area contributed by atoms with Gasteiger partial charge < -0.3 is 14.7 Å². The third-order valence-electron chi connectivity index (χ3n) is 4.01. The van der Waals surface area contributed by atoms with Gasteiger partial charge in [-0.1, -0.05) is 60.7 Å². The Bertz CT molecular complexity index is 922. The van der Waals surface area contributed by atoms with Crippen LogP contribution >= 0.6 is 11.3 Å². The molecule has 3 rings (SSSR count). The monoisotopic (exact) mass is 381 g/mol. The second-order valence-electron chi connectivity index (χ2n) is 5.89. The summed E-state index contributed by atoms with van der Waals surface area (Å²) >= 11 is 1.16. The van der Waals surface area contributed by atoms with Crippen molar-refractivity contribution in [1.29, 1.82) is 0 Å². The molecule has 1 amide bonds. The summed E-state index contributed by atoms with van der Waals surface area (Å²) in [7, 11) is 1.44. The molecule has 138 valence electrons. The van der Waals surface area contributed by atoms with E-state index >= 15 is 0 Å². The van der Waals surface area contributed by atoms with Crippen LogP contribution in [-0.4, -0.2) is 30.7 Å². The Labute approximate surface area is 161 Å². The van der Waals surface area contributed by atoms with Crippen LogP contribution in [0, 0.1) is 0 Å². The maximum atomic E-state index is 12.7. The van der Waals surface area contributed by atoms with Crippen LogP contribution in [0.15, 0.2) is 66.7 Å². The fraction of sp³-hybridized carbons (Fsp3) is 0.143. The molecule has 0 radical (unpaired) electrons. The van der Waals surface area contributed by atoms with Crippen molar-refractivity contribution < 1.29 is 19.4 Å². The fourth-order valence-electron chi connectivity index (χ4n) is 2.75. The minimum absolute atomic E-state index is 0.123. The number of methoxy groups -OCH3 is 1. The van der Waals surface area contributed by atoms with Gasteiger partial charge in [0, 0.05) is 12.0 Å². The van der Waals surface area contributed by atoms with E-state index in [2.05, 4.69) is 0 Å². The minimum atomic E-state index is -1.06. The number of ether oxygens (including phenoxy) is 1. The predicted octanol–water partition coefficient (Wildman–Crippen LogP) is 4.29. The normalized spacial score (nSPS) is 10.6. The zero-order valence-corrected chi connectivity index (χ0v) is 15.6. The first-order valence-corrected chi connectivity index (χ1v) is 9.17. The molecule has 0 fully saturated rings. The predicted molar refractivity (Wildman–Crippen MR) is 106 cm³/mol. The highest BCUT2D eigenvalue weighted by atomic mass is 32.1. The molecule has 27 heavy (non-hydrogen) atoms. The molecule has 0 saturated carbocycles. The Hall–Kier alpha value is -2.96. The number of hydrogen-bond donors (Lipinski definition) is 1. The van der Waals surface area contributed by atoms with Gasteiger partial charge in [0.05, 0.1) is 12.2 Å². The maximum absolute atomic E-state index is 12.7. The fourth-order valence-corrected chi connectivity index (χ4v) is 3.76. The topological polar surface area (TPSA) is 66.8 Å². The summed E-state index contributed by atoms with van der Waals surface area (Å²) in [5, 5.41) is 9.69. The van der Waals surface area contributed by atoms with E-state index < -0.39 is 5.97 Å². The Morgan fingerprint density at radius 1 is 1.04 bits per heavy atom. The number of benzene rings is 2. The lowest BCUT2D eigenvalue weighted by molar-refractivity contribution is -0.122. The van der Waals surface area contributed by atoms with Crippen LogP contribution in [-0.2, 0) is 16.1 Å². The number of rotatable bonds is 7. The molecule has 1 heterocycles. The van der Waals surface area contributed by atoms with Crippen LogP contribution < -0.4 is 4.90 Å². The molecule has 2 aromatic carbocycles. The number of hydrogen-bond acceptors (Lipinski definition) is 4. The summed E-state index contributed by atoms with van der Waals surface area (Å²) in [6.07, 6.45) is 0. The van der Waals surface area contributed by atoms with Gasteiger partial charge in [-0.2, -0.15) is 0 Å². The lowest BCUT2D eigenvalue weighted by atomic mass is 10.1. The highest BCUT2D eigenvalue weighted by Crippen LogP contribution is 2.37. The van der Waals surface area contributed by atoms with Crippen molar-refractivity contribution in [2.24, 2.45) is 0 Å². The van der Waals surface area contributed by atoms with Crippen molar-refractivity contribution in [2.75, 3.05) is 18.6 Å². The zero-order chi connectivity index (χ0) is 19.2. The van der Waals surface area contributed by atoms with Crippen molar-refractivity contribution in [3.63, 3.8) is 0 Å². The molecule has 1 aromatic heterocycles. The molecule has 0 saturated heterocycles. The molecular formula is C21H19NO4S. The van der Waals surface area contributed by atoms with Crippen molar-refractivity contribution in [3.8, 4) is 10.4 Å². The first-order chi connectivity index (χ1) is 13.1. The van der Waals surface area contributed by atoms with Gasteiger partial charge in [0.15, 0.2) is 0 Å². The molecule has 0 spiro atoms. The van der Waals surface area contributed by atoms with E-state index in [1.165, 1.54) is 12.0 Å². The van der Waals surface area contributed by atoms with Gasteiger partial charge in [0.2, 0.25) is 0 Å². The van der Waals surface area contributed by atoms with Gasteiger partial charge in [0.25, 0.3) is 5.91 Å². The van der Waals surface area contributed by atoms with E-state index in [1.807, 2.05) is 60.7 Å². The van der Waals surface area contributed by atoms with Crippen LogP contribution in [0.3, 0.4) is 0 Å². The molecular weight excluding hydrogens is 362 g/mol. The average molecular weight is 381 g/mol. The minimum Gasteiger partial charge on any atom is -0.477 e. The number of carboxylic acids is 1. The van der Waals surface area contributed by atoms with E-state index in [0.29, 0.717) is 5.69 Å². The van der Waals surface area contributed by atoms with Gasteiger partial charge >= 0.3 is 5.97 Å². The average Bonchev–Trinajstić information content (AvgIpc) is 3.13. The number of nitrogens with zero attached hydrogens (tertiary/aromatic N) is 1. The van der Waals surface area contributed by atoms with Crippen molar-refractivity contribution in [1.82, 2.24) is 0 Å². The second kappa shape index (κ2) is 8.62. The zero-order valence-electron chi connectivity index (χ0n) is 14.8. The van der Waals surface area contributed by atoms with Crippen LogP contribution in [0.25, 0.3) is 10.4 Å². The standard InChI is InChI=1S/C21H19NO4S/c1-26-14-19(23)22(13-15-8-4-2-5-9-15)17-12-18(27-20(17)21(24)25)16-10-6-3-7-11-16/h2-12H,13-14H2,1H3,(H,24,25). The summed E-state index contributed by atoms with van der Waals surface area (Å²) in [5.74, 6) is -1.35. The third-order valence-corrected chi connectivity index (χ3v) is 5.17. The van der Waals surface area contributed by atoms with Gasteiger partial charge in [-0.25, -0.2) is 4.79 Å². The van der Waals surface area contributed by atoms with Gasteiger partial charge in [-0.15, -0.1) is 11.3 Å². The molecule has 0 aliphatic rings. The summed E-state index contributed by atoms with van der Waals surface area (Å²) < 4.78 is 5.00. The smallest absolute Gasteiger partial charge is 0.348 e. The molecule has 1 N–H and O–H groups in total. The Kier molecular flexibility index (Phi) is 6.01. The number of thiophene rings is 1. The van der Waals surface area contributed by atoms with Crippen molar-refractivity contribution in [2.45, 2.75) is 6.54 Å². The molecule has 6 heteroatoms. The summed E-state index contributed by atoms with van der Waals surface area (Å²) in [4.78, 5) is 26.9. The quantitative estimate of drug-likeness (QED) is 0.663. The molecule has 0 unspecified atom stereocenters. The third kappa shape index (κ3) is 4.42. The first kappa shape index (κ1) is 18.8. The number of anilines is 1. The van der Waals surface area contributed by atoms with Crippen LogP contribution in [0.1, 0.15) is 15.2 Å². The summed E-state index contributed by atoms with van der Waals surface area (Å²) in [6, 6.07) is 20.8. The lowest BCUT2D eigenvalue weighted by Gasteiger charge is -2.22. The maximum Gasteiger partial charge on any atom is 0.348 e. The number of carboxylic acid groups (broad SMARTS) is 1. The van der Waals surface area contributed by atoms with E-state index in [9.17, 15) is 14.7 Å². The van der Waals surface area contributed by atoms with E-state index in [-0.39, 0.29) is 23.9 Å². The van der Waals surface area contributed by atoms with Crippen molar-refractivity contribution in [3.05, 3.63) is 77.2 Å². The summed E-state index contributed by atoms with van der Waals surface area (Å²) in [6.45, 7) is 0.149. The number of carbonyl (C=O) groups excluding carboxylic acids is 1. The van der Waals surface area contributed by atoms with E-state index in [1.54, 1.807) is 6.07 Å². The Balaban J connectivity index is 2.05. The molecule has 5 nitrogen and oxygen atoms in total.